The van der Waals surface area contributed by atoms with Gasteiger partial charge in [0.25, 0.3) is 0 Å². The fraction of sp³-hybridized carbons (Fsp3) is 0.824. The molecular weight excluding hydrogens is 236 g/mol. The lowest BCUT2D eigenvalue weighted by atomic mass is 9.75. The van der Waals surface area contributed by atoms with Gasteiger partial charge in [0.15, 0.2) is 0 Å². The molecule has 0 spiro atoms. The van der Waals surface area contributed by atoms with E-state index in [4.69, 9.17) is 0 Å². The first-order valence-electron chi connectivity index (χ1n) is 7.94. The maximum atomic E-state index is 11.3. The van der Waals surface area contributed by atoms with E-state index in [9.17, 15) is 9.90 Å². The van der Waals surface area contributed by atoms with Crippen molar-refractivity contribution < 1.29 is 9.90 Å². The maximum Gasteiger partial charge on any atom is 0.331 e. The van der Waals surface area contributed by atoms with Crippen molar-refractivity contribution in [3.63, 3.8) is 0 Å². The molecule has 0 heterocycles. The smallest absolute Gasteiger partial charge is 0.331 e. The average molecular weight is 266 g/mol. The van der Waals surface area contributed by atoms with Gasteiger partial charge in [-0.2, -0.15) is 0 Å². The normalized spacial score (nSPS) is 19.7. The van der Waals surface area contributed by atoms with Crippen LogP contribution < -0.4 is 0 Å². The Kier molecular flexibility index (Phi) is 7.19. The van der Waals surface area contributed by atoms with Crippen LogP contribution in [0.1, 0.15) is 71.6 Å². The third-order valence-electron chi connectivity index (χ3n) is 4.50. The van der Waals surface area contributed by atoms with Crippen LogP contribution in [0.25, 0.3) is 0 Å². The van der Waals surface area contributed by atoms with E-state index in [1.807, 2.05) is 0 Å². The Labute approximate surface area is 118 Å². The molecule has 1 atom stereocenters. The molecule has 1 aliphatic rings. The van der Waals surface area contributed by atoms with E-state index in [0.717, 1.165) is 12.8 Å². The summed E-state index contributed by atoms with van der Waals surface area (Å²) in [7, 11) is 0. The third-order valence-corrected chi connectivity index (χ3v) is 4.50. The zero-order chi connectivity index (χ0) is 14.3. The molecule has 1 fully saturated rings. The minimum atomic E-state index is -0.796. The number of rotatable bonds is 6. The molecule has 19 heavy (non-hydrogen) atoms. The molecule has 0 aromatic carbocycles. The first-order chi connectivity index (χ1) is 9.02. The molecule has 0 aromatic heterocycles. The van der Waals surface area contributed by atoms with Gasteiger partial charge in [-0.05, 0) is 37.0 Å². The summed E-state index contributed by atoms with van der Waals surface area (Å²) in [4.78, 5) is 11.3. The standard InChI is InChI=1S/C17H30O2/c1-13(2)11-12-16(14(3)17(18)19)15-9-7-5-4-6-8-10-15/h13,15-16H,3-12H2,1-2H3,(H,18,19). The number of aliphatic carboxylic acids is 1. The monoisotopic (exact) mass is 266 g/mol. The summed E-state index contributed by atoms with van der Waals surface area (Å²) in [5, 5.41) is 9.27. The zero-order valence-corrected chi connectivity index (χ0v) is 12.7. The van der Waals surface area contributed by atoms with Gasteiger partial charge in [-0.25, -0.2) is 4.79 Å². The molecule has 1 unspecified atom stereocenters. The van der Waals surface area contributed by atoms with E-state index in [0.29, 0.717) is 17.4 Å². The fourth-order valence-corrected chi connectivity index (χ4v) is 3.26. The Morgan fingerprint density at radius 3 is 2.11 bits per heavy atom. The van der Waals surface area contributed by atoms with Crippen molar-refractivity contribution >= 4 is 5.97 Å². The minimum absolute atomic E-state index is 0.193. The fourth-order valence-electron chi connectivity index (χ4n) is 3.26. The summed E-state index contributed by atoms with van der Waals surface area (Å²) in [5.74, 6) is 0.578. The predicted octanol–water partition coefficient (Wildman–Crippen LogP) is 5.04. The van der Waals surface area contributed by atoms with Crippen LogP contribution in [0.5, 0.6) is 0 Å². The van der Waals surface area contributed by atoms with Gasteiger partial charge in [0, 0.05) is 5.57 Å². The summed E-state index contributed by atoms with van der Waals surface area (Å²) in [6.07, 6.45) is 11.0. The maximum absolute atomic E-state index is 11.3. The minimum Gasteiger partial charge on any atom is -0.478 e. The van der Waals surface area contributed by atoms with Gasteiger partial charge in [0.1, 0.15) is 0 Å². The van der Waals surface area contributed by atoms with Crippen molar-refractivity contribution in [2.75, 3.05) is 0 Å². The first kappa shape index (κ1) is 16.3. The van der Waals surface area contributed by atoms with Crippen LogP contribution >= 0.6 is 0 Å². The molecule has 110 valence electrons. The van der Waals surface area contributed by atoms with Crippen LogP contribution in [-0.4, -0.2) is 11.1 Å². The molecule has 0 aliphatic heterocycles. The molecule has 1 saturated carbocycles. The Bertz CT molecular complexity index is 286. The van der Waals surface area contributed by atoms with Crippen molar-refractivity contribution in [1.82, 2.24) is 0 Å². The van der Waals surface area contributed by atoms with E-state index < -0.39 is 5.97 Å². The SMILES string of the molecule is C=C(C(=O)O)C(CCC(C)C)C1CCCCCCC1. The molecular formula is C17H30O2. The summed E-state index contributed by atoms with van der Waals surface area (Å²) < 4.78 is 0. The first-order valence-corrected chi connectivity index (χ1v) is 7.94. The van der Waals surface area contributed by atoms with Crippen LogP contribution in [0.2, 0.25) is 0 Å². The topological polar surface area (TPSA) is 37.3 Å². The number of hydrogen-bond acceptors (Lipinski definition) is 1. The highest BCUT2D eigenvalue weighted by molar-refractivity contribution is 5.86. The summed E-state index contributed by atoms with van der Waals surface area (Å²) >= 11 is 0. The van der Waals surface area contributed by atoms with Crippen molar-refractivity contribution in [3.05, 3.63) is 12.2 Å². The molecule has 2 heteroatoms. The van der Waals surface area contributed by atoms with Crippen LogP contribution in [0, 0.1) is 17.8 Å². The largest absolute Gasteiger partial charge is 0.478 e. The van der Waals surface area contributed by atoms with E-state index in [1.54, 1.807) is 0 Å². The lowest BCUT2D eigenvalue weighted by molar-refractivity contribution is -0.133. The van der Waals surface area contributed by atoms with Gasteiger partial charge in [-0.15, -0.1) is 0 Å². The van der Waals surface area contributed by atoms with Gasteiger partial charge >= 0.3 is 5.97 Å². The summed E-state index contributed by atoms with van der Waals surface area (Å²) in [5.41, 5.74) is 0.450. The van der Waals surface area contributed by atoms with Gasteiger partial charge in [-0.3, -0.25) is 0 Å². The molecule has 0 aromatic rings. The second-order valence-corrected chi connectivity index (χ2v) is 6.51. The predicted molar refractivity (Wildman–Crippen MR) is 80.1 cm³/mol. The van der Waals surface area contributed by atoms with Crippen LogP contribution in [-0.2, 0) is 4.79 Å². The lowest BCUT2D eigenvalue weighted by Gasteiger charge is -2.29. The number of carboxylic acid groups (broad SMARTS) is 1. The zero-order valence-electron chi connectivity index (χ0n) is 12.7. The molecule has 0 radical (unpaired) electrons. The van der Waals surface area contributed by atoms with E-state index in [1.165, 1.54) is 44.9 Å². The Morgan fingerprint density at radius 1 is 1.11 bits per heavy atom. The van der Waals surface area contributed by atoms with Gasteiger partial charge < -0.3 is 5.11 Å². The molecule has 0 amide bonds. The highest BCUT2D eigenvalue weighted by atomic mass is 16.4. The number of carbonyl (C=O) groups is 1. The molecule has 0 saturated heterocycles. The summed E-state index contributed by atoms with van der Waals surface area (Å²) in [6.45, 7) is 8.28. The Morgan fingerprint density at radius 2 is 1.63 bits per heavy atom. The van der Waals surface area contributed by atoms with Crippen LogP contribution in [0.4, 0.5) is 0 Å². The third kappa shape index (κ3) is 5.80. The van der Waals surface area contributed by atoms with Gasteiger partial charge in [0.05, 0.1) is 0 Å². The molecule has 1 N–H and O–H groups in total. The van der Waals surface area contributed by atoms with Gasteiger partial charge in [-0.1, -0.05) is 59.0 Å². The number of carboxylic acids is 1. The Balaban J connectivity index is 2.68. The van der Waals surface area contributed by atoms with E-state index in [-0.39, 0.29) is 5.92 Å². The lowest BCUT2D eigenvalue weighted by Crippen LogP contribution is -2.22. The second kappa shape index (κ2) is 8.39. The average Bonchev–Trinajstić information content (AvgIpc) is 2.30. The highest BCUT2D eigenvalue weighted by Crippen LogP contribution is 2.35. The summed E-state index contributed by atoms with van der Waals surface area (Å²) in [6, 6.07) is 0. The molecule has 2 nitrogen and oxygen atoms in total. The van der Waals surface area contributed by atoms with Crippen LogP contribution in [0.3, 0.4) is 0 Å². The van der Waals surface area contributed by atoms with Crippen molar-refractivity contribution in [2.24, 2.45) is 17.8 Å². The molecule has 1 aliphatic carbocycles. The van der Waals surface area contributed by atoms with Crippen molar-refractivity contribution in [3.8, 4) is 0 Å². The Hall–Kier alpha value is -0.790. The highest BCUT2D eigenvalue weighted by Gasteiger charge is 2.27. The van der Waals surface area contributed by atoms with Crippen LogP contribution in [0.15, 0.2) is 12.2 Å². The van der Waals surface area contributed by atoms with E-state index in [2.05, 4.69) is 20.4 Å². The van der Waals surface area contributed by atoms with Crippen molar-refractivity contribution in [1.29, 1.82) is 0 Å². The quantitative estimate of drug-likeness (QED) is 0.684. The number of hydrogen-bond donors (Lipinski definition) is 1. The molecule has 0 bridgehead atoms. The second-order valence-electron chi connectivity index (χ2n) is 6.51. The van der Waals surface area contributed by atoms with E-state index >= 15 is 0 Å². The van der Waals surface area contributed by atoms with Gasteiger partial charge in [0.2, 0.25) is 0 Å². The molecule has 1 rings (SSSR count). The van der Waals surface area contributed by atoms with Crippen molar-refractivity contribution in [2.45, 2.75) is 71.6 Å².